The molecule has 1 aliphatic carbocycles. The Labute approximate surface area is 127 Å². The Kier molecular flexibility index (Phi) is 4.12. The molecule has 2 aromatic rings. The van der Waals surface area contributed by atoms with Crippen molar-refractivity contribution >= 4 is 11.8 Å². The lowest BCUT2D eigenvalue weighted by Crippen LogP contribution is -2.15. The number of methoxy groups -OCH3 is 1. The van der Waals surface area contributed by atoms with Crippen molar-refractivity contribution in [1.29, 1.82) is 0 Å². The number of aromatic amines is 1. The zero-order valence-corrected chi connectivity index (χ0v) is 13.0. The molecule has 0 spiro atoms. The van der Waals surface area contributed by atoms with E-state index in [1.807, 2.05) is 11.5 Å². The van der Waals surface area contributed by atoms with E-state index in [2.05, 4.69) is 15.0 Å². The summed E-state index contributed by atoms with van der Waals surface area (Å²) in [5.74, 6) is 0.705. The van der Waals surface area contributed by atoms with Gasteiger partial charge in [0.05, 0.1) is 23.4 Å². The van der Waals surface area contributed by atoms with Crippen molar-refractivity contribution in [2.45, 2.75) is 43.8 Å². The molecule has 0 bridgehead atoms. The highest BCUT2D eigenvalue weighted by Crippen LogP contribution is 2.23. The molecule has 7 heteroatoms. The minimum Gasteiger partial charge on any atom is -0.364 e. The number of aryl methyl sites for hydroxylation is 2. The molecule has 0 radical (unpaired) electrons. The number of hydrogen-bond donors (Lipinski definition) is 1. The van der Waals surface area contributed by atoms with Crippen LogP contribution in [-0.2, 0) is 30.1 Å². The third-order valence-corrected chi connectivity index (χ3v) is 4.57. The van der Waals surface area contributed by atoms with Gasteiger partial charge in [0.1, 0.15) is 6.73 Å². The van der Waals surface area contributed by atoms with E-state index < -0.39 is 0 Å². The number of nitrogens with one attached hydrogen (secondary N) is 1. The predicted molar refractivity (Wildman–Crippen MR) is 80.4 cm³/mol. The van der Waals surface area contributed by atoms with E-state index in [4.69, 9.17) is 4.74 Å². The fourth-order valence-electron chi connectivity index (χ4n) is 2.57. The lowest BCUT2D eigenvalue weighted by molar-refractivity contribution is 0.129. The van der Waals surface area contributed by atoms with Crippen molar-refractivity contribution in [3.63, 3.8) is 0 Å². The Morgan fingerprint density at radius 3 is 3.14 bits per heavy atom. The summed E-state index contributed by atoms with van der Waals surface area (Å²) in [5, 5.41) is 0.685. The Balaban J connectivity index is 1.78. The number of ether oxygens (including phenoxy) is 1. The zero-order valence-electron chi connectivity index (χ0n) is 12.2. The average Bonchev–Trinajstić information content (AvgIpc) is 3.05. The molecule has 1 aliphatic rings. The molecule has 1 N–H and O–H groups in total. The van der Waals surface area contributed by atoms with Crippen LogP contribution in [0.25, 0.3) is 0 Å². The van der Waals surface area contributed by atoms with Gasteiger partial charge >= 0.3 is 0 Å². The summed E-state index contributed by atoms with van der Waals surface area (Å²) in [5.41, 5.74) is 3.90. The van der Waals surface area contributed by atoms with Gasteiger partial charge in [-0.25, -0.2) is 9.97 Å². The summed E-state index contributed by atoms with van der Waals surface area (Å²) < 4.78 is 7.12. The highest BCUT2D eigenvalue weighted by Gasteiger charge is 2.17. The topological polar surface area (TPSA) is 72.8 Å². The maximum absolute atomic E-state index is 12.0. The quantitative estimate of drug-likeness (QED) is 0.672. The molecule has 21 heavy (non-hydrogen) atoms. The molecule has 0 aromatic carbocycles. The van der Waals surface area contributed by atoms with Crippen molar-refractivity contribution in [3.8, 4) is 0 Å². The van der Waals surface area contributed by atoms with Crippen molar-refractivity contribution in [1.82, 2.24) is 19.5 Å². The summed E-state index contributed by atoms with van der Waals surface area (Å²) in [7, 11) is 1.66. The molecule has 112 valence electrons. The van der Waals surface area contributed by atoms with Crippen molar-refractivity contribution in [2.24, 2.45) is 0 Å². The lowest BCUT2D eigenvalue weighted by atomic mass is 10.3. The molecular formula is C14H18N4O2S. The van der Waals surface area contributed by atoms with E-state index in [9.17, 15) is 4.79 Å². The van der Waals surface area contributed by atoms with Crippen molar-refractivity contribution < 1.29 is 4.74 Å². The van der Waals surface area contributed by atoms with Crippen LogP contribution in [0.1, 0.15) is 29.1 Å². The normalized spacial score (nSPS) is 13.6. The van der Waals surface area contributed by atoms with Gasteiger partial charge in [0.15, 0.2) is 5.16 Å². The number of nitrogens with zero attached hydrogens (tertiary/aromatic N) is 3. The van der Waals surface area contributed by atoms with Gasteiger partial charge in [-0.05, 0) is 26.2 Å². The Morgan fingerprint density at radius 2 is 2.33 bits per heavy atom. The zero-order chi connectivity index (χ0) is 14.8. The van der Waals surface area contributed by atoms with Crippen LogP contribution in [-0.4, -0.2) is 26.6 Å². The van der Waals surface area contributed by atoms with Crippen LogP contribution >= 0.6 is 11.8 Å². The molecule has 0 aliphatic heterocycles. The number of H-pyrrole nitrogens is 1. The summed E-state index contributed by atoms with van der Waals surface area (Å²) >= 11 is 1.53. The largest absolute Gasteiger partial charge is 0.364 e. The Morgan fingerprint density at radius 1 is 1.48 bits per heavy atom. The van der Waals surface area contributed by atoms with Crippen LogP contribution in [0.3, 0.4) is 0 Å². The van der Waals surface area contributed by atoms with E-state index in [0.717, 1.165) is 41.9 Å². The van der Waals surface area contributed by atoms with Crippen LogP contribution in [0.4, 0.5) is 0 Å². The minimum atomic E-state index is 0.0159. The molecule has 2 heterocycles. The van der Waals surface area contributed by atoms with Crippen LogP contribution in [0.5, 0.6) is 0 Å². The van der Waals surface area contributed by atoms with Gasteiger partial charge in [-0.2, -0.15) is 0 Å². The van der Waals surface area contributed by atoms with Gasteiger partial charge in [0, 0.05) is 18.4 Å². The first-order valence-corrected chi connectivity index (χ1v) is 7.92. The molecule has 6 nitrogen and oxygen atoms in total. The second kappa shape index (κ2) is 6.03. The van der Waals surface area contributed by atoms with E-state index in [-0.39, 0.29) is 5.56 Å². The lowest BCUT2D eigenvalue weighted by Gasteiger charge is -2.08. The van der Waals surface area contributed by atoms with Crippen LogP contribution in [0, 0.1) is 6.92 Å². The Hall–Kier alpha value is -1.60. The van der Waals surface area contributed by atoms with Crippen LogP contribution in [0.15, 0.2) is 16.3 Å². The fourth-order valence-corrected chi connectivity index (χ4v) is 3.56. The maximum Gasteiger partial charge on any atom is 0.254 e. The minimum absolute atomic E-state index is 0.0159. The monoisotopic (exact) mass is 306 g/mol. The molecule has 0 saturated carbocycles. The molecule has 0 atom stereocenters. The van der Waals surface area contributed by atoms with E-state index >= 15 is 0 Å². The van der Waals surface area contributed by atoms with Crippen LogP contribution < -0.4 is 5.56 Å². The standard InChI is InChI=1S/C14H18N4O2S/c1-9-12(18(7-15-9)8-20-2)6-21-14-16-11-5-3-4-10(11)13(19)17-14/h7H,3-6,8H2,1-2H3,(H,16,17,19). The molecular weight excluding hydrogens is 288 g/mol. The van der Waals surface area contributed by atoms with E-state index in [1.165, 1.54) is 11.8 Å². The highest BCUT2D eigenvalue weighted by molar-refractivity contribution is 7.98. The predicted octanol–water partition coefficient (Wildman–Crippen LogP) is 1.66. The highest BCUT2D eigenvalue weighted by atomic mass is 32.2. The average molecular weight is 306 g/mol. The molecule has 0 unspecified atom stereocenters. The Bertz CT molecular complexity index is 707. The van der Waals surface area contributed by atoms with Gasteiger partial charge in [0.25, 0.3) is 5.56 Å². The van der Waals surface area contributed by atoms with Gasteiger partial charge in [-0.3, -0.25) is 4.79 Å². The van der Waals surface area contributed by atoms with Gasteiger partial charge in [-0.15, -0.1) is 0 Å². The van der Waals surface area contributed by atoms with Gasteiger partial charge < -0.3 is 14.3 Å². The summed E-state index contributed by atoms with van der Waals surface area (Å²) in [6.07, 6.45) is 4.56. The molecule has 0 fully saturated rings. The van der Waals surface area contributed by atoms with E-state index in [0.29, 0.717) is 17.6 Å². The number of aromatic nitrogens is 4. The molecule has 2 aromatic heterocycles. The van der Waals surface area contributed by atoms with Crippen molar-refractivity contribution in [2.75, 3.05) is 7.11 Å². The second-order valence-electron chi connectivity index (χ2n) is 5.10. The first kappa shape index (κ1) is 14.3. The molecule has 3 rings (SSSR count). The third-order valence-electron chi connectivity index (χ3n) is 3.69. The first-order chi connectivity index (χ1) is 10.2. The number of hydrogen-bond acceptors (Lipinski definition) is 5. The van der Waals surface area contributed by atoms with Gasteiger partial charge in [-0.1, -0.05) is 11.8 Å². The molecule has 0 saturated heterocycles. The summed E-state index contributed by atoms with van der Waals surface area (Å²) in [4.78, 5) is 23.7. The van der Waals surface area contributed by atoms with Crippen LogP contribution in [0.2, 0.25) is 0 Å². The SMILES string of the molecule is COCn1cnc(C)c1CSc1nc2c(c(=O)[nH]1)CCC2. The maximum atomic E-state index is 12.0. The second-order valence-corrected chi connectivity index (χ2v) is 6.07. The van der Waals surface area contributed by atoms with E-state index in [1.54, 1.807) is 13.4 Å². The summed E-state index contributed by atoms with van der Waals surface area (Å²) in [6.45, 7) is 2.45. The third kappa shape index (κ3) is 2.89. The first-order valence-electron chi connectivity index (χ1n) is 6.93. The number of thioether (sulfide) groups is 1. The number of rotatable bonds is 5. The summed E-state index contributed by atoms with van der Waals surface area (Å²) in [6, 6.07) is 0. The fraction of sp³-hybridized carbons (Fsp3) is 0.500. The number of imidazole rings is 1. The smallest absolute Gasteiger partial charge is 0.254 e. The van der Waals surface area contributed by atoms with Gasteiger partial charge in [0.2, 0.25) is 0 Å². The molecule has 0 amide bonds. The van der Waals surface area contributed by atoms with Crippen molar-refractivity contribution in [3.05, 3.63) is 39.3 Å². The number of fused-ring (bicyclic) bond motifs is 1.